The summed E-state index contributed by atoms with van der Waals surface area (Å²) in [5, 5.41) is 6.66. The maximum Gasteiger partial charge on any atom is 0.329 e. The average molecular weight is 558 g/mol. The summed E-state index contributed by atoms with van der Waals surface area (Å²) in [5.74, 6) is 0.128. The summed E-state index contributed by atoms with van der Waals surface area (Å²) in [4.78, 5) is 23.4. The number of hydrogen-bond acceptors (Lipinski definition) is 4. The van der Waals surface area contributed by atoms with Crippen LogP contribution in [0.1, 0.15) is 19.3 Å². The van der Waals surface area contributed by atoms with Crippen LogP contribution >= 0.6 is 19.0 Å². The number of ether oxygens (including phenoxy) is 1. The molecule has 1 aliphatic rings. The first kappa shape index (κ1) is 26.5. The zero-order chi connectivity index (χ0) is 22.9. The Morgan fingerprint density at radius 3 is 1.76 bits per heavy atom. The van der Waals surface area contributed by atoms with Gasteiger partial charge in [0, 0.05) is 5.75 Å². The molecule has 4 rings (SSSR count). The summed E-state index contributed by atoms with van der Waals surface area (Å²) in [6.07, 6.45) is 3.90. The second-order valence-corrected chi connectivity index (χ2v) is 12.7. The molecule has 3 aromatic rings. The summed E-state index contributed by atoms with van der Waals surface area (Å²) in [6.45, 7) is 0.392. The lowest BCUT2D eigenvalue weighted by Crippen LogP contribution is -3.00. The summed E-state index contributed by atoms with van der Waals surface area (Å²) >= 11 is 1.13. The zero-order valence-corrected chi connectivity index (χ0v) is 22.2. The van der Waals surface area contributed by atoms with Gasteiger partial charge in [-0.1, -0.05) is 66.4 Å². The molecule has 1 aliphatic heterocycles. The van der Waals surface area contributed by atoms with Gasteiger partial charge in [-0.05, 0) is 55.7 Å². The predicted molar refractivity (Wildman–Crippen MR) is 140 cm³/mol. The Bertz CT molecular complexity index is 957. The highest BCUT2D eigenvalue weighted by Crippen LogP contribution is 2.55. The molecule has 34 heavy (non-hydrogen) atoms. The summed E-state index contributed by atoms with van der Waals surface area (Å²) in [6, 6.07) is 32.1. The summed E-state index contributed by atoms with van der Waals surface area (Å²) < 4.78 is 5.40. The van der Waals surface area contributed by atoms with Crippen molar-refractivity contribution in [1.29, 1.82) is 0 Å². The van der Waals surface area contributed by atoms with Gasteiger partial charge < -0.3 is 27.0 Å². The Kier molecular flexibility index (Phi) is 10.2. The van der Waals surface area contributed by atoms with Gasteiger partial charge in [0.15, 0.2) is 0 Å². The number of nitrogens with one attached hydrogen (secondary N) is 1. The van der Waals surface area contributed by atoms with Crippen LogP contribution in [0.2, 0.25) is 0 Å². The van der Waals surface area contributed by atoms with E-state index in [-0.39, 0.29) is 28.2 Å². The highest BCUT2D eigenvalue weighted by Gasteiger charge is 2.44. The van der Waals surface area contributed by atoms with Crippen LogP contribution < -0.4 is 38.2 Å². The van der Waals surface area contributed by atoms with Gasteiger partial charge in [-0.25, -0.2) is 4.79 Å². The van der Waals surface area contributed by atoms with E-state index in [0.29, 0.717) is 12.4 Å². The molecule has 0 aromatic heterocycles. The molecule has 1 atom stereocenters. The first-order chi connectivity index (χ1) is 16.2. The van der Waals surface area contributed by atoms with Gasteiger partial charge in [0.05, 0.1) is 12.8 Å². The van der Waals surface area contributed by atoms with Crippen LogP contribution in [-0.2, 0) is 9.53 Å². The van der Waals surface area contributed by atoms with Crippen molar-refractivity contribution in [3.63, 3.8) is 0 Å². The fraction of sp³-hybridized carbons (Fsp3) is 0.259. The molecule has 0 radical (unpaired) electrons. The van der Waals surface area contributed by atoms with Gasteiger partial charge in [-0.3, -0.25) is 4.79 Å². The van der Waals surface area contributed by atoms with Crippen molar-refractivity contribution >= 4 is 46.1 Å². The van der Waals surface area contributed by atoms with Crippen LogP contribution in [0.5, 0.6) is 0 Å². The van der Waals surface area contributed by atoms with Crippen LogP contribution in [-0.4, -0.2) is 35.8 Å². The molecule has 178 valence electrons. The van der Waals surface area contributed by atoms with Crippen LogP contribution in [0.25, 0.3) is 0 Å². The number of carbonyl (C=O) groups is 2. The molecule has 1 fully saturated rings. The number of halogens is 1. The van der Waals surface area contributed by atoms with E-state index in [0.717, 1.165) is 37.2 Å². The zero-order valence-electron chi connectivity index (χ0n) is 18.9. The van der Waals surface area contributed by atoms with Gasteiger partial charge in [-0.2, -0.15) is 0 Å². The highest BCUT2D eigenvalue weighted by atomic mass is 79.9. The van der Waals surface area contributed by atoms with Gasteiger partial charge in [0.25, 0.3) is 5.24 Å². The molecule has 0 saturated carbocycles. The Balaban J connectivity index is 0.00000324. The van der Waals surface area contributed by atoms with Crippen molar-refractivity contribution < 1.29 is 31.3 Å². The molecule has 3 aromatic carbocycles. The third-order valence-electron chi connectivity index (χ3n) is 5.93. The quantitative estimate of drug-likeness (QED) is 0.233. The molecule has 0 bridgehead atoms. The summed E-state index contributed by atoms with van der Waals surface area (Å²) in [5.41, 5.74) is 0. The van der Waals surface area contributed by atoms with E-state index in [1.54, 1.807) is 0 Å². The minimum Gasteiger partial charge on any atom is -1.00 e. The molecule has 1 saturated heterocycles. The molecule has 1 amide bonds. The van der Waals surface area contributed by atoms with Crippen LogP contribution in [0.4, 0.5) is 4.79 Å². The van der Waals surface area contributed by atoms with E-state index in [2.05, 4.69) is 96.3 Å². The average Bonchev–Trinajstić information content (AvgIpc) is 3.32. The second kappa shape index (κ2) is 13.1. The molecular formula is C27H29BrNO3PS. The van der Waals surface area contributed by atoms with Gasteiger partial charge >= 0.3 is 5.97 Å². The third kappa shape index (κ3) is 6.29. The van der Waals surface area contributed by atoms with Crippen LogP contribution in [0, 0.1) is 0 Å². The largest absolute Gasteiger partial charge is 1.00 e. The molecule has 4 nitrogen and oxygen atoms in total. The first-order valence-corrected chi connectivity index (χ1v) is 14.3. The molecular weight excluding hydrogens is 529 g/mol. The Morgan fingerprint density at radius 1 is 0.824 bits per heavy atom. The number of esters is 1. The fourth-order valence-corrected chi connectivity index (χ4v) is 9.47. The van der Waals surface area contributed by atoms with Gasteiger partial charge in [-0.15, -0.1) is 0 Å². The maximum absolute atomic E-state index is 12.1. The lowest BCUT2D eigenvalue weighted by molar-refractivity contribution is -0.145. The fourth-order valence-electron chi connectivity index (χ4n) is 4.29. The minimum atomic E-state index is -1.80. The predicted octanol–water partition coefficient (Wildman–Crippen LogP) is 1.52. The number of benzene rings is 3. The Labute approximate surface area is 217 Å². The van der Waals surface area contributed by atoms with Crippen LogP contribution in [0.15, 0.2) is 91.0 Å². The highest BCUT2D eigenvalue weighted by molar-refractivity contribution is 8.14. The van der Waals surface area contributed by atoms with Crippen molar-refractivity contribution in [1.82, 2.24) is 5.32 Å². The topological polar surface area (TPSA) is 55.4 Å². The number of hydrogen-bond donors (Lipinski definition) is 1. The van der Waals surface area contributed by atoms with E-state index in [1.165, 1.54) is 15.9 Å². The normalized spacial score (nSPS) is 15.3. The summed E-state index contributed by atoms with van der Waals surface area (Å²) in [7, 11) is -1.80. The number of carbonyl (C=O) groups excluding carboxylic acids is 2. The second-order valence-electron chi connectivity index (χ2n) is 8.06. The molecule has 7 heteroatoms. The number of amides is 1. The molecule has 0 unspecified atom stereocenters. The molecule has 1 heterocycles. The van der Waals surface area contributed by atoms with E-state index in [4.69, 9.17) is 4.74 Å². The molecule has 0 spiro atoms. The Hall–Kier alpha value is -2.14. The molecule has 1 N–H and O–H groups in total. The van der Waals surface area contributed by atoms with Crippen LogP contribution in [0.3, 0.4) is 0 Å². The van der Waals surface area contributed by atoms with Crippen molar-refractivity contribution in [3.05, 3.63) is 91.0 Å². The lowest BCUT2D eigenvalue weighted by Gasteiger charge is -2.27. The van der Waals surface area contributed by atoms with E-state index >= 15 is 0 Å². The van der Waals surface area contributed by atoms with Gasteiger partial charge in [0.1, 0.15) is 29.2 Å². The lowest BCUT2D eigenvalue weighted by atomic mass is 10.2. The van der Waals surface area contributed by atoms with Gasteiger partial charge in [0.2, 0.25) is 0 Å². The maximum atomic E-state index is 12.1. The monoisotopic (exact) mass is 557 g/mol. The number of unbranched alkanes of at least 4 members (excludes halogenated alkanes) is 2. The minimum absolute atomic E-state index is 0. The smallest absolute Gasteiger partial charge is 0.329 e. The number of rotatable bonds is 10. The van der Waals surface area contributed by atoms with Crippen molar-refractivity contribution in [3.8, 4) is 0 Å². The van der Waals surface area contributed by atoms with E-state index in [1.807, 2.05) is 0 Å². The Morgan fingerprint density at radius 2 is 1.32 bits per heavy atom. The third-order valence-corrected chi connectivity index (χ3v) is 11.3. The first-order valence-electron chi connectivity index (χ1n) is 11.3. The van der Waals surface area contributed by atoms with Crippen molar-refractivity contribution in [2.75, 3.05) is 18.5 Å². The van der Waals surface area contributed by atoms with Crippen molar-refractivity contribution in [2.24, 2.45) is 0 Å². The number of thioether (sulfide) groups is 1. The van der Waals surface area contributed by atoms with E-state index < -0.39 is 13.3 Å². The SMILES string of the molecule is O=C1N[C@H](C(=O)OCCCCC[P+](c2ccccc2)(c2ccccc2)c2ccccc2)CS1.[Br-]. The van der Waals surface area contributed by atoms with Crippen molar-refractivity contribution in [2.45, 2.75) is 25.3 Å². The molecule has 0 aliphatic carbocycles. The standard InChI is InChI=1S/C27H28NO3PS.BrH/c29-26(25-21-33-27(30)28-25)31-19-11-4-12-20-32(22-13-5-1-6-14-22,23-15-7-2-8-16-23)24-17-9-3-10-18-24;/h1-3,5-10,13-18,25H,4,11-12,19-21H2;1H/t25-;/m0./s1. The van der Waals surface area contributed by atoms with E-state index in [9.17, 15) is 9.59 Å².